The lowest BCUT2D eigenvalue weighted by Crippen LogP contribution is -2.32. The zero-order valence-electron chi connectivity index (χ0n) is 17.0. The molecule has 0 radical (unpaired) electrons. The van der Waals surface area contributed by atoms with Gasteiger partial charge in [0, 0.05) is 6.07 Å². The number of halogens is 3. The van der Waals surface area contributed by atoms with Gasteiger partial charge in [0.25, 0.3) is 0 Å². The highest BCUT2D eigenvalue weighted by Crippen LogP contribution is 2.36. The Hall–Kier alpha value is -3.39. The number of rotatable bonds is 9. The Morgan fingerprint density at radius 3 is 2.38 bits per heavy atom. The largest absolute Gasteiger partial charge is 0.493 e. The first-order valence-electron chi connectivity index (χ1n) is 9.96. The molecule has 0 N–H and O–H groups in total. The first kappa shape index (κ1) is 21.8. The number of benzene rings is 3. The fourth-order valence-corrected chi connectivity index (χ4v) is 3.04. The Kier molecular flexibility index (Phi) is 6.70. The van der Waals surface area contributed by atoms with Crippen LogP contribution in [0.1, 0.15) is 5.56 Å². The summed E-state index contributed by atoms with van der Waals surface area (Å²) in [7, 11) is 0. The topological polar surface area (TPSA) is 46.2 Å². The van der Waals surface area contributed by atoms with Gasteiger partial charge >= 0.3 is 6.18 Å². The van der Waals surface area contributed by atoms with Crippen molar-refractivity contribution in [3.63, 3.8) is 0 Å². The van der Waals surface area contributed by atoms with Crippen molar-refractivity contribution >= 4 is 0 Å². The summed E-state index contributed by atoms with van der Waals surface area (Å²) in [4.78, 5) is 0. The van der Waals surface area contributed by atoms with Gasteiger partial charge in [0.15, 0.2) is 11.5 Å². The van der Waals surface area contributed by atoms with Crippen LogP contribution in [0.3, 0.4) is 0 Å². The molecule has 0 saturated heterocycles. The highest BCUT2D eigenvalue weighted by molar-refractivity contribution is 5.46. The van der Waals surface area contributed by atoms with Crippen LogP contribution in [0.2, 0.25) is 0 Å². The third kappa shape index (κ3) is 5.85. The zero-order chi connectivity index (χ0) is 22.4. The fourth-order valence-electron chi connectivity index (χ4n) is 3.04. The van der Waals surface area contributed by atoms with E-state index in [1.54, 1.807) is 36.4 Å². The van der Waals surface area contributed by atoms with Crippen LogP contribution in [0.4, 0.5) is 13.2 Å². The molecular formula is C24H21F3O5. The summed E-state index contributed by atoms with van der Waals surface area (Å²) in [6, 6.07) is 20.9. The highest BCUT2D eigenvalue weighted by Gasteiger charge is 2.40. The van der Waals surface area contributed by atoms with Gasteiger partial charge in [-0.2, -0.15) is 13.2 Å². The zero-order valence-corrected chi connectivity index (χ0v) is 17.0. The fraction of sp³-hybridized carbons (Fsp3) is 0.250. The van der Waals surface area contributed by atoms with Crippen LogP contribution >= 0.6 is 0 Å². The van der Waals surface area contributed by atoms with Gasteiger partial charge in [-0.05, 0) is 42.0 Å². The van der Waals surface area contributed by atoms with Crippen molar-refractivity contribution in [1.29, 1.82) is 0 Å². The summed E-state index contributed by atoms with van der Waals surface area (Å²) in [5.74, 6) is 0.719. The lowest BCUT2D eigenvalue weighted by molar-refractivity contribution is -0.196. The molecular weight excluding hydrogens is 425 g/mol. The quantitative estimate of drug-likeness (QED) is 0.405. The summed E-state index contributed by atoms with van der Waals surface area (Å²) in [5.41, 5.74) is 0.705. The van der Waals surface area contributed by atoms with E-state index in [9.17, 15) is 13.2 Å². The van der Waals surface area contributed by atoms with Crippen molar-refractivity contribution in [2.24, 2.45) is 5.92 Å². The van der Waals surface area contributed by atoms with Crippen molar-refractivity contribution in [3.05, 3.63) is 78.4 Å². The van der Waals surface area contributed by atoms with Crippen molar-refractivity contribution in [3.8, 4) is 28.7 Å². The minimum atomic E-state index is -4.46. The number of alkyl halides is 3. The minimum Gasteiger partial charge on any atom is -0.493 e. The maximum absolute atomic E-state index is 13.4. The van der Waals surface area contributed by atoms with Crippen molar-refractivity contribution in [1.82, 2.24) is 0 Å². The molecule has 0 spiro atoms. The smallest absolute Gasteiger partial charge is 0.397 e. The van der Waals surface area contributed by atoms with E-state index >= 15 is 0 Å². The molecule has 5 nitrogen and oxygen atoms in total. The van der Waals surface area contributed by atoms with Crippen LogP contribution in [0.25, 0.3) is 0 Å². The lowest BCUT2D eigenvalue weighted by Gasteiger charge is -2.21. The van der Waals surface area contributed by atoms with E-state index in [-0.39, 0.29) is 19.1 Å². The molecule has 0 aliphatic carbocycles. The van der Waals surface area contributed by atoms with Gasteiger partial charge in [-0.15, -0.1) is 0 Å². The molecule has 0 bridgehead atoms. The molecule has 3 aromatic rings. The molecule has 168 valence electrons. The number of para-hydroxylation sites is 1. The van der Waals surface area contributed by atoms with Crippen LogP contribution in [0.15, 0.2) is 72.8 Å². The van der Waals surface area contributed by atoms with Gasteiger partial charge in [0.2, 0.25) is 6.79 Å². The van der Waals surface area contributed by atoms with Gasteiger partial charge in [0.1, 0.15) is 29.8 Å². The Labute approximate surface area is 183 Å². The molecule has 0 aromatic heterocycles. The maximum atomic E-state index is 13.4. The SMILES string of the molecule is FC(F)(F)C(COCc1cccc(Oc2ccccc2)c1)COc1ccc2c(c1)OCO2. The molecule has 0 amide bonds. The summed E-state index contributed by atoms with van der Waals surface area (Å²) < 4.78 is 67.2. The molecule has 1 heterocycles. The van der Waals surface area contributed by atoms with Crippen LogP contribution in [0.5, 0.6) is 28.7 Å². The third-order valence-corrected chi connectivity index (χ3v) is 4.72. The maximum Gasteiger partial charge on any atom is 0.397 e. The van der Waals surface area contributed by atoms with E-state index in [1.807, 2.05) is 30.3 Å². The summed E-state index contributed by atoms with van der Waals surface area (Å²) in [6.07, 6.45) is -4.46. The first-order valence-corrected chi connectivity index (χ1v) is 9.96. The van der Waals surface area contributed by atoms with Crippen molar-refractivity contribution < 1.29 is 36.9 Å². The number of hydrogen-bond donors (Lipinski definition) is 0. The minimum absolute atomic E-state index is 0.0165. The van der Waals surface area contributed by atoms with E-state index in [0.717, 1.165) is 0 Å². The molecule has 1 aliphatic rings. The molecule has 1 aliphatic heterocycles. The molecule has 32 heavy (non-hydrogen) atoms. The predicted octanol–water partition coefficient (Wildman–Crippen LogP) is 5.98. The summed E-state index contributed by atoms with van der Waals surface area (Å²) in [6.45, 7) is -1.00. The number of hydrogen-bond acceptors (Lipinski definition) is 5. The first-order chi connectivity index (χ1) is 15.5. The molecule has 4 rings (SSSR count). The number of fused-ring (bicyclic) bond motifs is 1. The Morgan fingerprint density at radius 2 is 1.56 bits per heavy atom. The van der Waals surface area contributed by atoms with E-state index in [4.69, 9.17) is 23.7 Å². The predicted molar refractivity (Wildman–Crippen MR) is 110 cm³/mol. The Morgan fingerprint density at radius 1 is 0.781 bits per heavy atom. The van der Waals surface area contributed by atoms with Gasteiger partial charge in [-0.1, -0.05) is 30.3 Å². The van der Waals surface area contributed by atoms with Gasteiger partial charge in [-0.3, -0.25) is 0 Å². The normalized spacial score (nSPS) is 13.6. The second-order valence-electron chi connectivity index (χ2n) is 7.14. The Bertz CT molecular complexity index is 1020. The van der Waals surface area contributed by atoms with Crippen LogP contribution < -0.4 is 18.9 Å². The molecule has 8 heteroatoms. The van der Waals surface area contributed by atoms with Crippen molar-refractivity contribution in [2.75, 3.05) is 20.0 Å². The monoisotopic (exact) mass is 446 g/mol. The Balaban J connectivity index is 1.31. The van der Waals surface area contributed by atoms with Gasteiger partial charge < -0.3 is 23.7 Å². The van der Waals surface area contributed by atoms with E-state index in [1.165, 1.54) is 6.07 Å². The van der Waals surface area contributed by atoms with Crippen molar-refractivity contribution in [2.45, 2.75) is 12.8 Å². The van der Waals surface area contributed by atoms with Crippen LogP contribution in [0, 0.1) is 5.92 Å². The molecule has 0 fully saturated rings. The molecule has 1 atom stereocenters. The van der Waals surface area contributed by atoms with Gasteiger partial charge in [0.05, 0.1) is 13.2 Å². The highest BCUT2D eigenvalue weighted by atomic mass is 19.4. The second-order valence-corrected chi connectivity index (χ2v) is 7.14. The van der Waals surface area contributed by atoms with E-state index < -0.39 is 25.3 Å². The molecule has 1 unspecified atom stereocenters. The summed E-state index contributed by atoms with van der Waals surface area (Å²) in [5, 5.41) is 0. The van der Waals surface area contributed by atoms with Crippen LogP contribution in [-0.2, 0) is 11.3 Å². The van der Waals surface area contributed by atoms with E-state index in [0.29, 0.717) is 28.6 Å². The molecule has 3 aromatic carbocycles. The third-order valence-electron chi connectivity index (χ3n) is 4.72. The van der Waals surface area contributed by atoms with Crippen LogP contribution in [-0.4, -0.2) is 26.2 Å². The lowest BCUT2D eigenvalue weighted by atomic mass is 10.1. The summed E-state index contributed by atoms with van der Waals surface area (Å²) >= 11 is 0. The van der Waals surface area contributed by atoms with Gasteiger partial charge in [-0.25, -0.2) is 0 Å². The molecule has 0 saturated carbocycles. The standard InChI is InChI=1S/C24H21F3O5/c25-24(26,27)18(15-29-20-9-10-22-23(12-20)31-16-30-22)14-28-13-17-5-4-8-21(11-17)32-19-6-2-1-3-7-19/h1-12,18H,13-16H2. The van der Waals surface area contributed by atoms with E-state index in [2.05, 4.69) is 0 Å². The second kappa shape index (κ2) is 9.82. The average Bonchev–Trinajstić information content (AvgIpc) is 3.24. The average molecular weight is 446 g/mol. The number of ether oxygens (including phenoxy) is 5.